The van der Waals surface area contributed by atoms with Crippen molar-refractivity contribution in [1.29, 1.82) is 0 Å². The van der Waals surface area contributed by atoms with Crippen molar-refractivity contribution in [3.63, 3.8) is 0 Å². The van der Waals surface area contributed by atoms with Crippen LogP contribution in [-0.2, 0) is 0 Å². The van der Waals surface area contributed by atoms with Gasteiger partial charge in [-0.05, 0) is 12.3 Å². The van der Waals surface area contributed by atoms with Crippen molar-refractivity contribution in [2.75, 3.05) is 18.8 Å². The standard InChI is InChI=1S/C8H14N2S/c1-2-7(1)3-6-11-8-9-4-5-10-8/h7H,1-6H2,(H,9,10). The van der Waals surface area contributed by atoms with Gasteiger partial charge in [-0.1, -0.05) is 24.6 Å². The summed E-state index contributed by atoms with van der Waals surface area (Å²) in [6, 6.07) is 0. The van der Waals surface area contributed by atoms with Crippen LogP contribution in [-0.4, -0.2) is 24.0 Å². The highest BCUT2D eigenvalue weighted by atomic mass is 32.2. The molecule has 62 valence electrons. The first kappa shape index (κ1) is 7.47. The van der Waals surface area contributed by atoms with Crippen molar-refractivity contribution in [3.8, 4) is 0 Å². The molecule has 0 amide bonds. The number of thioether (sulfide) groups is 1. The zero-order valence-electron chi connectivity index (χ0n) is 6.68. The zero-order valence-corrected chi connectivity index (χ0v) is 7.49. The maximum absolute atomic E-state index is 4.32. The molecule has 1 fully saturated rings. The second-order valence-corrected chi connectivity index (χ2v) is 4.28. The van der Waals surface area contributed by atoms with E-state index >= 15 is 0 Å². The molecule has 0 spiro atoms. The molecule has 0 aromatic rings. The predicted octanol–water partition coefficient (Wildman–Crippen LogP) is 1.48. The normalized spacial score (nSPS) is 23.1. The quantitative estimate of drug-likeness (QED) is 0.694. The Morgan fingerprint density at radius 3 is 3.09 bits per heavy atom. The van der Waals surface area contributed by atoms with E-state index in [0.29, 0.717) is 0 Å². The molecule has 1 aliphatic heterocycles. The third-order valence-corrected chi connectivity index (χ3v) is 3.09. The van der Waals surface area contributed by atoms with E-state index in [9.17, 15) is 0 Å². The van der Waals surface area contributed by atoms with Crippen LogP contribution >= 0.6 is 11.8 Å². The maximum Gasteiger partial charge on any atom is 0.156 e. The largest absolute Gasteiger partial charge is 0.363 e. The number of nitrogens with one attached hydrogen (secondary N) is 1. The summed E-state index contributed by atoms with van der Waals surface area (Å²) in [6.45, 7) is 2.03. The lowest BCUT2D eigenvalue weighted by atomic mass is 10.3. The molecule has 2 nitrogen and oxygen atoms in total. The molecular weight excluding hydrogens is 156 g/mol. The van der Waals surface area contributed by atoms with Crippen LogP contribution in [0, 0.1) is 5.92 Å². The lowest BCUT2D eigenvalue weighted by Crippen LogP contribution is -2.15. The molecule has 1 N–H and O–H groups in total. The molecule has 1 saturated carbocycles. The van der Waals surface area contributed by atoms with Gasteiger partial charge < -0.3 is 5.32 Å². The van der Waals surface area contributed by atoms with E-state index in [1.165, 1.54) is 30.2 Å². The summed E-state index contributed by atoms with van der Waals surface area (Å²) in [6.07, 6.45) is 4.34. The van der Waals surface area contributed by atoms with Gasteiger partial charge in [0, 0.05) is 12.3 Å². The van der Waals surface area contributed by atoms with Crippen molar-refractivity contribution in [2.24, 2.45) is 10.9 Å². The predicted molar refractivity (Wildman–Crippen MR) is 50.1 cm³/mol. The van der Waals surface area contributed by atoms with Gasteiger partial charge in [0.05, 0.1) is 6.54 Å². The van der Waals surface area contributed by atoms with E-state index in [-0.39, 0.29) is 0 Å². The van der Waals surface area contributed by atoms with E-state index in [2.05, 4.69) is 10.3 Å². The molecular formula is C8H14N2S. The minimum atomic E-state index is 0.978. The fraction of sp³-hybridized carbons (Fsp3) is 0.875. The zero-order chi connectivity index (χ0) is 7.52. The fourth-order valence-corrected chi connectivity index (χ4v) is 2.23. The highest BCUT2D eigenvalue weighted by molar-refractivity contribution is 8.13. The second kappa shape index (κ2) is 3.48. The Kier molecular flexibility index (Phi) is 2.36. The molecule has 0 unspecified atom stereocenters. The van der Waals surface area contributed by atoms with Gasteiger partial charge in [-0.3, -0.25) is 4.99 Å². The Labute approximate surface area is 71.9 Å². The van der Waals surface area contributed by atoms with E-state index in [1.54, 1.807) is 0 Å². The van der Waals surface area contributed by atoms with Crippen LogP contribution in [0.15, 0.2) is 4.99 Å². The van der Waals surface area contributed by atoms with E-state index in [1.807, 2.05) is 11.8 Å². The lowest BCUT2D eigenvalue weighted by molar-refractivity contribution is 0.810. The van der Waals surface area contributed by atoms with Gasteiger partial charge in [-0.15, -0.1) is 0 Å². The average Bonchev–Trinajstić information content (AvgIpc) is 2.66. The number of rotatable bonds is 3. The van der Waals surface area contributed by atoms with E-state index in [0.717, 1.165) is 19.0 Å². The van der Waals surface area contributed by atoms with Crippen molar-refractivity contribution >= 4 is 16.9 Å². The minimum absolute atomic E-state index is 0.978. The first-order valence-corrected chi connectivity index (χ1v) is 5.35. The third kappa shape index (κ3) is 2.40. The molecule has 2 rings (SSSR count). The summed E-state index contributed by atoms with van der Waals surface area (Å²) in [5, 5.41) is 4.44. The Balaban J connectivity index is 1.57. The summed E-state index contributed by atoms with van der Waals surface area (Å²) in [5.41, 5.74) is 0. The molecule has 0 aromatic heterocycles. The summed E-state index contributed by atoms with van der Waals surface area (Å²) < 4.78 is 0. The van der Waals surface area contributed by atoms with Crippen LogP contribution in [0.2, 0.25) is 0 Å². The Morgan fingerprint density at radius 1 is 1.55 bits per heavy atom. The number of nitrogens with zero attached hydrogens (tertiary/aromatic N) is 1. The first-order chi connectivity index (χ1) is 5.45. The van der Waals surface area contributed by atoms with Crippen molar-refractivity contribution < 1.29 is 0 Å². The lowest BCUT2D eigenvalue weighted by Gasteiger charge is -1.99. The number of hydrogen-bond donors (Lipinski definition) is 1. The Bertz CT molecular complexity index is 163. The van der Waals surface area contributed by atoms with E-state index < -0.39 is 0 Å². The van der Waals surface area contributed by atoms with Crippen LogP contribution in [0.25, 0.3) is 0 Å². The molecule has 1 heterocycles. The molecule has 0 aromatic carbocycles. The number of hydrogen-bond acceptors (Lipinski definition) is 3. The van der Waals surface area contributed by atoms with Gasteiger partial charge >= 0.3 is 0 Å². The van der Waals surface area contributed by atoms with Gasteiger partial charge in [0.15, 0.2) is 5.17 Å². The van der Waals surface area contributed by atoms with Crippen LogP contribution in [0.1, 0.15) is 19.3 Å². The molecule has 2 aliphatic rings. The maximum atomic E-state index is 4.32. The molecule has 3 heteroatoms. The van der Waals surface area contributed by atoms with E-state index in [4.69, 9.17) is 0 Å². The number of aliphatic imine (C=N–C) groups is 1. The summed E-state index contributed by atoms with van der Waals surface area (Å²) in [7, 11) is 0. The first-order valence-electron chi connectivity index (χ1n) is 4.36. The highest BCUT2D eigenvalue weighted by Crippen LogP contribution is 2.33. The van der Waals surface area contributed by atoms with Crippen molar-refractivity contribution in [1.82, 2.24) is 5.32 Å². The third-order valence-electron chi connectivity index (χ3n) is 2.11. The second-order valence-electron chi connectivity index (χ2n) is 3.19. The van der Waals surface area contributed by atoms with Gasteiger partial charge in [0.1, 0.15) is 0 Å². The Morgan fingerprint density at radius 2 is 2.45 bits per heavy atom. The van der Waals surface area contributed by atoms with Gasteiger partial charge in [0.25, 0.3) is 0 Å². The number of amidine groups is 1. The average molecular weight is 170 g/mol. The van der Waals surface area contributed by atoms with Crippen LogP contribution in [0.4, 0.5) is 0 Å². The van der Waals surface area contributed by atoms with Crippen LogP contribution in [0.3, 0.4) is 0 Å². The van der Waals surface area contributed by atoms with Gasteiger partial charge in [-0.25, -0.2) is 0 Å². The monoisotopic (exact) mass is 170 g/mol. The SMILES string of the molecule is C1CNC(SCCC2CC2)=N1. The topological polar surface area (TPSA) is 24.4 Å². The summed E-state index contributed by atoms with van der Waals surface area (Å²) >= 11 is 1.89. The molecule has 0 atom stereocenters. The summed E-state index contributed by atoms with van der Waals surface area (Å²) in [5.74, 6) is 2.32. The van der Waals surface area contributed by atoms with Crippen molar-refractivity contribution in [2.45, 2.75) is 19.3 Å². The minimum Gasteiger partial charge on any atom is -0.363 e. The van der Waals surface area contributed by atoms with Crippen LogP contribution < -0.4 is 5.32 Å². The molecule has 1 aliphatic carbocycles. The summed E-state index contributed by atoms with van der Waals surface area (Å²) in [4.78, 5) is 4.32. The molecule has 0 bridgehead atoms. The fourth-order valence-electron chi connectivity index (χ4n) is 1.20. The smallest absolute Gasteiger partial charge is 0.156 e. The van der Waals surface area contributed by atoms with Gasteiger partial charge in [-0.2, -0.15) is 0 Å². The van der Waals surface area contributed by atoms with Crippen molar-refractivity contribution in [3.05, 3.63) is 0 Å². The van der Waals surface area contributed by atoms with Gasteiger partial charge in [0.2, 0.25) is 0 Å². The molecule has 0 saturated heterocycles. The highest BCUT2D eigenvalue weighted by Gasteiger charge is 2.20. The van der Waals surface area contributed by atoms with Crippen LogP contribution in [0.5, 0.6) is 0 Å². The Hall–Kier alpha value is -0.180. The molecule has 0 radical (unpaired) electrons. The molecule has 11 heavy (non-hydrogen) atoms.